The van der Waals surface area contributed by atoms with Gasteiger partial charge >= 0.3 is 5.97 Å². The summed E-state index contributed by atoms with van der Waals surface area (Å²) in [5, 5.41) is 18.9. The van der Waals surface area contributed by atoms with Gasteiger partial charge in [-0.25, -0.2) is 4.79 Å². The number of carbonyl (C=O) groups is 3. The Balaban J connectivity index is 0.000000169. The van der Waals surface area contributed by atoms with Crippen molar-refractivity contribution in [2.75, 3.05) is 11.5 Å². The summed E-state index contributed by atoms with van der Waals surface area (Å²) in [7, 11) is -8.28. The number of aliphatic hydroxyl groups excluding tert-OH is 1. The number of hydrogen-bond acceptors (Lipinski definition) is 8. The molecule has 4 saturated carbocycles. The van der Waals surface area contributed by atoms with Gasteiger partial charge in [-0.1, -0.05) is 102 Å². The number of ketones is 2. The summed E-state index contributed by atoms with van der Waals surface area (Å²) >= 11 is 0. The van der Waals surface area contributed by atoms with Crippen molar-refractivity contribution in [2.45, 2.75) is 65.4 Å². The highest BCUT2D eigenvalue weighted by atomic mass is 32.2. The number of aliphatic hydroxyl groups is 1. The van der Waals surface area contributed by atoms with Crippen LogP contribution in [0.3, 0.4) is 0 Å². The quantitative estimate of drug-likeness (QED) is 0.207. The number of carboxylic acid groups (broad SMARTS) is 1. The van der Waals surface area contributed by atoms with Gasteiger partial charge in [0.2, 0.25) is 0 Å². The van der Waals surface area contributed by atoms with E-state index in [0.29, 0.717) is 24.0 Å². The average Bonchev–Trinajstić information content (AvgIpc) is 3.52. The fraction of sp³-hybridized carbons (Fsp3) is 0.486. The highest BCUT2D eigenvalue weighted by molar-refractivity contribution is 7.86. The fourth-order valence-corrected chi connectivity index (χ4v) is 11.6. The molecule has 0 aliphatic heterocycles. The lowest BCUT2D eigenvalue weighted by Crippen LogP contribution is -2.42. The first-order valence-electron chi connectivity index (χ1n) is 16.3. The van der Waals surface area contributed by atoms with Crippen LogP contribution in [0.25, 0.3) is 0 Å². The lowest BCUT2D eigenvalue weighted by molar-refractivity contribution is -0.147. The number of hydrogen-bond donors (Lipinski definition) is 4. The number of allylic oxidation sites excluding steroid dienone is 2. The largest absolute Gasteiger partial charge is 0.479 e. The molecule has 4 aliphatic carbocycles. The van der Waals surface area contributed by atoms with Gasteiger partial charge in [0.15, 0.2) is 17.7 Å². The van der Waals surface area contributed by atoms with Crippen LogP contribution in [-0.2, 0) is 34.6 Å². The summed E-state index contributed by atoms with van der Waals surface area (Å²) in [5.74, 6) is -2.94. The Morgan fingerprint density at radius 1 is 0.720 bits per heavy atom. The number of rotatable bonds is 8. The van der Waals surface area contributed by atoms with Gasteiger partial charge in [-0.3, -0.25) is 18.7 Å². The zero-order valence-corrected chi connectivity index (χ0v) is 30.3. The van der Waals surface area contributed by atoms with Crippen LogP contribution in [0.1, 0.15) is 70.4 Å². The monoisotopic (exact) mass is 730 g/mol. The van der Waals surface area contributed by atoms with Gasteiger partial charge in [0.05, 0.1) is 22.3 Å². The molecule has 4 bridgehead atoms. The van der Waals surface area contributed by atoms with Crippen molar-refractivity contribution in [2.24, 2.45) is 33.5 Å². The third-order valence-corrected chi connectivity index (χ3v) is 13.7. The number of Topliss-reactive ketones (excluding diaryl/α,β-unsaturated/α-hetero) is 2. The summed E-state index contributed by atoms with van der Waals surface area (Å²) in [5.41, 5.74) is -0.115. The molecule has 2 aromatic carbocycles. The van der Waals surface area contributed by atoms with Crippen molar-refractivity contribution in [1.82, 2.24) is 0 Å². The van der Waals surface area contributed by atoms with Crippen molar-refractivity contribution in [3.63, 3.8) is 0 Å². The van der Waals surface area contributed by atoms with Gasteiger partial charge in [-0.05, 0) is 70.6 Å². The SMILES string of the molecule is C=C1C(=O)C2(CS(=O)(=O)O)CCC1C2(C)C.C=C1C(=O)C2(CS(=O)(=O)O)CCC1C2(C)C.O=C(O)C(O)C(c1ccccc1)c1ccccc1. The van der Waals surface area contributed by atoms with E-state index in [-0.39, 0.29) is 23.4 Å². The fourth-order valence-electron chi connectivity index (χ4n) is 9.07. The molecule has 6 rings (SSSR count). The van der Waals surface area contributed by atoms with E-state index in [1.807, 2.05) is 88.4 Å². The minimum absolute atomic E-state index is 0.0572. The first-order valence-corrected chi connectivity index (χ1v) is 19.5. The molecule has 2 aromatic rings. The molecule has 0 spiro atoms. The van der Waals surface area contributed by atoms with Crippen molar-refractivity contribution in [3.8, 4) is 0 Å². The first kappa shape index (κ1) is 39.3. The minimum Gasteiger partial charge on any atom is -0.479 e. The molecule has 0 aromatic heterocycles. The van der Waals surface area contributed by atoms with E-state index >= 15 is 0 Å². The number of aliphatic carboxylic acids is 1. The van der Waals surface area contributed by atoms with Gasteiger partial charge in [0, 0.05) is 5.92 Å². The van der Waals surface area contributed by atoms with Gasteiger partial charge in [-0.2, -0.15) is 16.8 Å². The summed E-state index contributed by atoms with van der Waals surface area (Å²) in [6, 6.07) is 18.3. The zero-order chi connectivity index (χ0) is 37.7. The molecule has 4 N–H and O–H groups in total. The molecule has 11 nitrogen and oxygen atoms in total. The molecule has 4 fully saturated rings. The van der Waals surface area contributed by atoms with Crippen LogP contribution in [-0.4, -0.2) is 71.3 Å². The van der Waals surface area contributed by atoms with Crippen LogP contribution < -0.4 is 0 Å². The first-order chi connectivity index (χ1) is 22.9. The molecule has 50 heavy (non-hydrogen) atoms. The Kier molecular flexibility index (Phi) is 10.7. The van der Waals surface area contributed by atoms with E-state index in [4.69, 9.17) is 14.2 Å². The second-order valence-corrected chi connectivity index (χ2v) is 17.9. The van der Waals surface area contributed by atoms with Crippen LogP contribution in [0, 0.1) is 33.5 Å². The molecule has 5 unspecified atom stereocenters. The topological polar surface area (TPSA) is 200 Å². The van der Waals surface area contributed by atoms with Crippen LogP contribution in [0.5, 0.6) is 0 Å². The number of carboxylic acids is 1. The van der Waals surface area contributed by atoms with E-state index in [1.165, 1.54) is 0 Å². The molecule has 5 atom stereocenters. The van der Waals surface area contributed by atoms with Crippen molar-refractivity contribution in [3.05, 3.63) is 96.1 Å². The molecule has 272 valence electrons. The Hall–Kier alpha value is -3.49. The minimum atomic E-state index is -4.14. The number of fused-ring (bicyclic) bond motifs is 4. The highest BCUT2D eigenvalue weighted by Crippen LogP contribution is 2.66. The normalized spacial score (nSPS) is 28.2. The molecule has 0 heterocycles. The number of carbonyl (C=O) groups excluding carboxylic acids is 2. The smallest absolute Gasteiger partial charge is 0.333 e. The van der Waals surface area contributed by atoms with Crippen LogP contribution in [0.15, 0.2) is 85.0 Å². The van der Waals surface area contributed by atoms with Gasteiger partial charge in [0.1, 0.15) is 0 Å². The zero-order valence-electron chi connectivity index (χ0n) is 28.7. The molecule has 0 amide bonds. The van der Waals surface area contributed by atoms with Crippen LogP contribution in [0.4, 0.5) is 0 Å². The van der Waals surface area contributed by atoms with Crippen molar-refractivity contribution < 1.29 is 50.5 Å². The maximum atomic E-state index is 12.1. The highest BCUT2D eigenvalue weighted by Gasteiger charge is 2.68. The molecule has 0 radical (unpaired) electrons. The third-order valence-electron chi connectivity index (χ3n) is 12.0. The Labute approximate surface area is 294 Å². The summed E-state index contributed by atoms with van der Waals surface area (Å²) in [6.45, 7) is 15.1. The molecular weight excluding hydrogens is 685 g/mol. The summed E-state index contributed by atoms with van der Waals surface area (Å²) in [4.78, 5) is 35.3. The van der Waals surface area contributed by atoms with E-state index in [2.05, 4.69) is 13.2 Å². The summed E-state index contributed by atoms with van der Waals surface area (Å²) < 4.78 is 62.4. The van der Waals surface area contributed by atoms with E-state index < -0.39 is 71.4 Å². The van der Waals surface area contributed by atoms with E-state index in [0.717, 1.165) is 24.0 Å². The van der Waals surface area contributed by atoms with Gasteiger partial charge < -0.3 is 10.2 Å². The molecule has 0 saturated heterocycles. The second kappa shape index (κ2) is 13.6. The van der Waals surface area contributed by atoms with Crippen LogP contribution >= 0.6 is 0 Å². The molecular formula is C37H46O11S2. The predicted octanol–water partition coefficient (Wildman–Crippen LogP) is 5.14. The van der Waals surface area contributed by atoms with Crippen molar-refractivity contribution >= 4 is 37.8 Å². The standard InChI is InChI=1S/C15H14O3.2C11H16O4S/c16-14(15(17)18)13(11-7-3-1-4-8-11)12-9-5-2-6-10-12;2*1-7-8-4-5-11(9(7)12,10(8,2)3)6-16(13,14)15/h1-10,13-14,16H,(H,17,18);2*8H,1,4-6H2,2-3H3,(H,13,14,15). The summed E-state index contributed by atoms with van der Waals surface area (Å²) in [6.07, 6.45) is 1.18. The Morgan fingerprint density at radius 2 is 1.04 bits per heavy atom. The average molecular weight is 731 g/mol. The third kappa shape index (κ3) is 6.90. The van der Waals surface area contributed by atoms with Crippen molar-refractivity contribution in [1.29, 1.82) is 0 Å². The Morgan fingerprint density at radius 3 is 1.28 bits per heavy atom. The lowest BCUT2D eigenvalue weighted by atomic mass is 9.70. The Bertz CT molecular complexity index is 1770. The lowest BCUT2D eigenvalue weighted by Gasteiger charge is -2.34. The molecule has 13 heteroatoms. The van der Waals surface area contributed by atoms with E-state index in [1.54, 1.807) is 0 Å². The second-order valence-electron chi connectivity index (χ2n) is 15.0. The number of benzene rings is 2. The molecule has 4 aliphatic rings. The van der Waals surface area contributed by atoms with Crippen LogP contribution in [0.2, 0.25) is 0 Å². The maximum absolute atomic E-state index is 12.1. The van der Waals surface area contributed by atoms with Gasteiger partial charge in [0.25, 0.3) is 20.2 Å². The van der Waals surface area contributed by atoms with E-state index in [9.17, 15) is 36.3 Å². The van der Waals surface area contributed by atoms with Gasteiger partial charge in [-0.15, -0.1) is 0 Å². The maximum Gasteiger partial charge on any atom is 0.333 e. The predicted molar refractivity (Wildman–Crippen MR) is 187 cm³/mol.